The number of anilines is 1. The second kappa shape index (κ2) is 8.13. The summed E-state index contributed by atoms with van der Waals surface area (Å²) in [6.45, 7) is 3.91. The standard InChI is InChI=1S/C26H28N6O2/c1-15-11-16(2)22-19(12-15)20(23(33)34)14-21(29-22)17-7-6-8-18(13-17)32-25(28)30-24(27)31-26(32)9-4-3-5-10-26/h6-8,11-14H,3-5,9-10H2,1-2H3,(H,33,34)(H4,27,28,30,31). The molecule has 1 aliphatic heterocycles. The number of hydrogen-bond acceptors (Lipinski definition) is 7. The van der Waals surface area contributed by atoms with Crippen LogP contribution in [0.1, 0.15) is 53.6 Å². The number of aryl methyl sites for hydroxylation is 2. The van der Waals surface area contributed by atoms with Gasteiger partial charge in [0.05, 0.1) is 16.8 Å². The molecular weight excluding hydrogens is 428 g/mol. The van der Waals surface area contributed by atoms with Gasteiger partial charge in [0.25, 0.3) is 0 Å². The predicted octanol–water partition coefficient (Wildman–Crippen LogP) is 4.33. The Morgan fingerprint density at radius 3 is 2.56 bits per heavy atom. The number of carboxylic acids is 1. The molecule has 8 nitrogen and oxygen atoms in total. The lowest BCUT2D eigenvalue weighted by Gasteiger charge is -2.45. The van der Waals surface area contributed by atoms with Gasteiger partial charge in [0, 0.05) is 16.6 Å². The van der Waals surface area contributed by atoms with E-state index < -0.39 is 11.6 Å². The Labute approximate surface area is 198 Å². The molecule has 2 aliphatic rings. The number of benzene rings is 2. The van der Waals surface area contributed by atoms with Gasteiger partial charge in [-0.2, -0.15) is 4.99 Å². The van der Waals surface area contributed by atoms with Crippen LogP contribution in [0.15, 0.2) is 52.4 Å². The van der Waals surface area contributed by atoms with Crippen LogP contribution in [0, 0.1) is 13.8 Å². The van der Waals surface area contributed by atoms with E-state index in [1.165, 1.54) is 0 Å². The lowest BCUT2D eigenvalue weighted by atomic mass is 9.87. The fraction of sp³-hybridized carbons (Fsp3) is 0.308. The molecule has 0 bridgehead atoms. The van der Waals surface area contributed by atoms with Gasteiger partial charge >= 0.3 is 5.97 Å². The highest BCUT2D eigenvalue weighted by Gasteiger charge is 2.42. The molecule has 3 aromatic rings. The van der Waals surface area contributed by atoms with Gasteiger partial charge in [-0.25, -0.2) is 14.8 Å². The largest absolute Gasteiger partial charge is 0.478 e. The van der Waals surface area contributed by atoms with Crippen molar-refractivity contribution in [2.45, 2.75) is 51.6 Å². The number of aromatic nitrogens is 1. The van der Waals surface area contributed by atoms with Gasteiger partial charge in [0.15, 0.2) is 0 Å². The Balaban J connectivity index is 1.65. The van der Waals surface area contributed by atoms with Crippen LogP contribution in [0.25, 0.3) is 22.2 Å². The smallest absolute Gasteiger partial charge is 0.336 e. The number of fused-ring (bicyclic) bond motifs is 1. The molecule has 2 heterocycles. The summed E-state index contributed by atoms with van der Waals surface area (Å²) in [5, 5.41) is 10.6. The molecular formula is C26H28N6O2. The molecule has 174 valence electrons. The van der Waals surface area contributed by atoms with E-state index in [0.29, 0.717) is 22.6 Å². The van der Waals surface area contributed by atoms with Gasteiger partial charge in [-0.05, 0) is 69.4 Å². The summed E-state index contributed by atoms with van der Waals surface area (Å²) in [6.07, 6.45) is 4.90. The van der Waals surface area contributed by atoms with Gasteiger partial charge in [-0.15, -0.1) is 0 Å². The first-order valence-electron chi connectivity index (χ1n) is 11.5. The number of nitrogens with zero attached hydrogens (tertiary/aromatic N) is 4. The Kier molecular flexibility index (Phi) is 5.23. The molecule has 0 amide bonds. The molecule has 0 unspecified atom stereocenters. The first kappa shape index (κ1) is 21.9. The number of pyridine rings is 1. The maximum absolute atomic E-state index is 12.1. The third kappa shape index (κ3) is 3.65. The van der Waals surface area contributed by atoms with E-state index in [1.807, 2.05) is 55.1 Å². The van der Waals surface area contributed by atoms with Crippen molar-refractivity contribution in [3.05, 3.63) is 59.2 Å². The topological polar surface area (TPSA) is 130 Å². The number of carbonyl (C=O) groups is 1. The van der Waals surface area contributed by atoms with Crippen molar-refractivity contribution in [1.29, 1.82) is 0 Å². The summed E-state index contributed by atoms with van der Waals surface area (Å²) < 4.78 is 0. The third-order valence-corrected chi connectivity index (χ3v) is 6.73. The minimum atomic E-state index is -0.979. The zero-order chi connectivity index (χ0) is 24.0. The number of rotatable bonds is 3. The van der Waals surface area contributed by atoms with Crippen molar-refractivity contribution in [1.82, 2.24) is 4.98 Å². The fourth-order valence-corrected chi connectivity index (χ4v) is 5.30. The SMILES string of the molecule is Cc1cc(C)c2nc(-c3cccc(N4C(N)=NC(N)=NC45CCCCC5)c3)cc(C(=O)O)c2c1. The highest BCUT2D eigenvalue weighted by Crippen LogP contribution is 2.40. The van der Waals surface area contributed by atoms with Crippen LogP contribution in [0.5, 0.6) is 0 Å². The summed E-state index contributed by atoms with van der Waals surface area (Å²) in [5.74, 6) is -0.455. The van der Waals surface area contributed by atoms with Crippen LogP contribution in [0.3, 0.4) is 0 Å². The van der Waals surface area contributed by atoms with Gasteiger partial charge in [-0.3, -0.25) is 4.90 Å². The number of nitrogens with two attached hydrogens (primary N) is 2. The number of aliphatic imine (C=N–C) groups is 2. The summed E-state index contributed by atoms with van der Waals surface area (Å²) in [7, 11) is 0. The molecule has 0 radical (unpaired) electrons. The quantitative estimate of drug-likeness (QED) is 0.538. The van der Waals surface area contributed by atoms with Crippen LogP contribution in [-0.2, 0) is 0 Å². The molecule has 1 aromatic heterocycles. The number of hydrogen-bond donors (Lipinski definition) is 3. The Hall–Kier alpha value is -3.94. The van der Waals surface area contributed by atoms with Gasteiger partial charge in [0.1, 0.15) is 5.66 Å². The van der Waals surface area contributed by atoms with Crippen LogP contribution in [0.4, 0.5) is 5.69 Å². The molecule has 1 aliphatic carbocycles. The summed E-state index contributed by atoms with van der Waals surface area (Å²) in [4.78, 5) is 27.9. The van der Waals surface area contributed by atoms with Crippen molar-refractivity contribution >= 4 is 34.5 Å². The van der Waals surface area contributed by atoms with E-state index in [1.54, 1.807) is 6.07 Å². The normalized spacial score (nSPS) is 17.5. The van der Waals surface area contributed by atoms with Gasteiger partial charge in [-0.1, -0.05) is 30.2 Å². The van der Waals surface area contributed by atoms with Crippen molar-refractivity contribution in [2.24, 2.45) is 21.5 Å². The second-order valence-corrected chi connectivity index (χ2v) is 9.21. The molecule has 0 atom stereocenters. The fourth-order valence-electron chi connectivity index (χ4n) is 5.30. The average Bonchev–Trinajstić information content (AvgIpc) is 2.78. The molecule has 5 N–H and O–H groups in total. The van der Waals surface area contributed by atoms with E-state index in [4.69, 9.17) is 21.4 Å². The highest BCUT2D eigenvalue weighted by atomic mass is 16.4. The molecule has 8 heteroatoms. The minimum absolute atomic E-state index is 0.208. The van der Waals surface area contributed by atoms with Crippen LogP contribution in [0.2, 0.25) is 0 Å². The van der Waals surface area contributed by atoms with Crippen LogP contribution >= 0.6 is 0 Å². The zero-order valence-electron chi connectivity index (χ0n) is 19.4. The van der Waals surface area contributed by atoms with E-state index >= 15 is 0 Å². The number of carboxylic acid groups (broad SMARTS) is 1. The van der Waals surface area contributed by atoms with E-state index in [9.17, 15) is 9.90 Å². The van der Waals surface area contributed by atoms with Crippen molar-refractivity contribution in [3.8, 4) is 11.3 Å². The molecule has 0 saturated heterocycles. The average molecular weight is 457 g/mol. The van der Waals surface area contributed by atoms with Crippen molar-refractivity contribution in [2.75, 3.05) is 4.90 Å². The molecule has 5 rings (SSSR count). The van der Waals surface area contributed by atoms with Crippen molar-refractivity contribution < 1.29 is 9.90 Å². The van der Waals surface area contributed by atoms with Crippen LogP contribution in [-0.4, -0.2) is 33.6 Å². The predicted molar refractivity (Wildman–Crippen MR) is 135 cm³/mol. The van der Waals surface area contributed by atoms with Gasteiger partial charge in [0.2, 0.25) is 11.9 Å². The Morgan fingerprint density at radius 2 is 1.82 bits per heavy atom. The molecule has 2 aromatic carbocycles. The summed E-state index contributed by atoms with van der Waals surface area (Å²) >= 11 is 0. The maximum Gasteiger partial charge on any atom is 0.336 e. The zero-order valence-corrected chi connectivity index (χ0v) is 19.4. The van der Waals surface area contributed by atoms with E-state index in [0.717, 1.165) is 54.5 Å². The minimum Gasteiger partial charge on any atom is -0.478 e. The lowest BCUT2D eigenvalue weighted by Crippen LogP contribution is -2.58. The molecule has 1 saturated carbocycles. The molecule has 34 heavy (non-hydrogen) atoms. The summed E-state index contributed by atoms with van der Waals surface area (Å²) in [5.41, 5.74) is 16.9. The lowest BCUT2D eigenvalue weighted by molar-refractivity contribution is 0.0699. The molecule has 1 spiro atoms. The maximum atomic E-state index is 12.1. The first-order valence-corrected chi connectivity index (χ1v) is 11.5. The second-order valence-electron chi connectivity index (χ2n) is 9.21. The monoisotopic (exact) mass is 456 g/mol. The first-order chi connectivity index (χ1) is 16.3. The number of aromatic carboxylic acids is 1. The Bertz CT molecular complexity index is 1370. The summed E-state index contributed by atoms with van der Waals surface area (Å²) in [6, 6.07) is 13.3. The van der Waals surface area contributed by atoms with Crippen molar-refractivity contribution in [3.63, 3.8) is 0 Å². The van der Waals surface area contributed by atoms with Gasteiger partial charge < -0.3 is 16.6 Å². The van der Waals surface area contributed by atoms with E-state index in [2.05, 4.69) is 4.99 Å². The number of guanidine groups is 2. The molecule has 1 fully saturated rings. The highest BCUT2D eigenvalue weighted by molar-refractivity contribution is 6.06. The van der Waals surface area contributed by atoms with Crippen LogP contribution < -0.4 is 16.4 Å². The Morgan fingerprint density at radius 1 is 1.06 bits per heavy atom. The third-order valence-electron chi connectivity index (χ3n) is 6.73. The van der Waals surface area contributed by atoms with E-state index in [-0.39, 0.29) is 11.5 Å².